The molecule has 2 unspecified atom stereocenters. The van der Waals surface area contributed by atoms with Gasteiger partial charge in [0.25, 0.3) is 5.91 Å². The van der Waals surface area contributed by atoms with E-state index in [0.717, 1.165) is 16.7 Å². The number of nitrogens with zero attached hydrogens (tertiary/aromatic N) is 2. The minimum atomic E-state index is -0.607. The Hall–Kier alpha value is -3.12. The number of imide groups is 1. The lowest BCUT2D eigenvalue weighted by molar-refractivity contribution is -0.127. The number of carbonyl (C=O) groups excluding carboxylic acids is 2. The predicted octanol–water partition coefficient (Wildman–Crippen LogP) is 4.44. The van der Waals surface area contributed by atoms with Crippen molar-refractivity contribution in [2.75, 3.05) is 6.54 Å². The predicted molar refractivity (Wildman–Crippen MR) is 112 cm³/mol. The van der Waals surface area contributed by atoms with Gasteiger partial charge in [-0.3, -0.25) is 9.69 Å². The average Bonchev–Trinajstić information content (AvgIpc) is 3.26. The van der Waals surface area contributed by atoms with Gasteiger partial charge in [0.15, 0.2) is 0 Å². The third-order valence-electron chi connectivity index (χ3n) is 5.24. The van der Waals surface area contributed by atoms with Gasteiger partial charge in [0.1, 0.15) is 22.7 Å². The van der Waals surface area contributed by atoms with E-state index in [1.807, 2.05) is 68.4 Å². The Morgan fingerprint density at radius 3 is 2.38 bits per heavy atom. The standard InChI is InChI=1S/C22H21ClN4O2/c1-13-8-10-16(11-9-13)18-20(23)26-21(25-18)19(27-17(28)12-24-22(27)29)14(2)15-6-4-3-5-7-15/h3-11,14,19H,12H2,1-2H3,(H,24,29)(H,25,26). The molecule has 148 valence electrons. The zero-order valence-corrected chi connectivity index (χ0v) is 16.9. The zero-order valence-electron chi connectivity index (χ0n) is 16.1. The van der Waals surface area contributed by atoms with Crippen molar-refractivity contribution in [3.05, 3.63) is 76.7 Å². The molecule has 0 spiro atoms. The van der Waals surface area contributed by atoms with Gasteiger partial charge in [-0.15, -0.1) is 0 Å². The summed E-state index contributed by atoms with van der Waals surface area (Å²) in [6, 6.07) is 16.6. The lowest BCUT2D eigenvalue weighted by Crippen LogP contribution is -2.38. The van der Waals surface area contributed by atoms with E-state index in [9.17, 15) is 9.59 Å². The lowest BCUT2D eigenvalue weighted by atomic mass is 9.91. The highest BCUT2D eigenvalue weighted by Crippen LogP contribution is 2.38. The first-order valence-electron chi connectivity index (χ1n) is 9.43. The molecular formula is C22H21ClN4O2. The van der Waals surface area contributed by atoms with Gasteiger partial charge in [-0.25, -0.2) is 9.78 Å². The summed E-state index contributed by atoms with van der Waals surface area (Å²) in [5.41, 5.74) is 3.59. The molecule has 3 amide bonds. The molecule has 1 fully saturated rings. The molecule has 3 aromatic rings. The number of amides is 3. The summed E-state index contributed by atoms with van der Waals surface area (Å²) < 4.78 is 0. The molecule has 1 saturated heterocycles. The summed E-state index contributed by atoms with van der Waals surface area (Å²) in [6.45, 7) is 3.97. The number of hydrogen-bond acceptors (Lipinski definition) is 3. The van der Waals surface area contributed by atoms with Gasteiger partial charge in [0, 0.05) is 11.5 Å². The highest BCUT2D eigenvalue weighted by atomic mass is 35.5. The van der Waals surface area contributed by atoms with E-state index in [1.165, 1.54) is 4.90 Å². The van der Waals surface area contributed by atoms with Crippen molar-refractivity contribution >= 4 is 23.5 Å². The van der Waals surface area contributed by atoms with E-state index in [4.69, 9.17) is 16.6 Å². The number of nitrogens with one attached hydrogen (secondary N) is 2. The maximum absolute atomic E-state index is 12.5. The van der Waals surface area contributed by atoms with Gasteiger partial charge in [-0.05, 0) is 12.5 Å². The third-order valence-corrected chi connectivity index (χ3v) is 5.51. The van der Waals surface area contributed by atoms with Crippen molar-refractivity contribution in [1.29, 1.82) is 0 Å². The second-order valence-electron chi connectivity index (χ2n) is 7.22. The Morgan fingerprint density at radius 1 is 1.07 bits per heavy atom. The van der Waals surface area contributed by atoms with Gasteiger partial charge < -0.3 is 10.3 Å². The minimum Gasteiger partial charge on any atom is -0.331 e. The average molecular weight is 409 g/mol. The summed E-state index contributed by atoms with van der Waals surface area (Å²) in [4.78, 5) is 34.0. The van der Waals surface area contributed by atoms with Crippen molar-refractivity contribution in [1.82, 2.24) is 20.2 Å². The number of imidazole rings is 1. The van der Waals surface area contributed by atoms with Gasteiger partial charge in [-0.2, -0.15) is 0 Å². The first kappa shape index (κ1) is 19.2. The van der Waals surface area contributed by atoms with Crippen LogP contribution in [0.25, 0.3) is 11.3 Å². The molecule has 4 rings (SSSR count). The van der Waals surface area contributed by atoms with Crippen LogP contribution >= 0.6 is 11.6 Å². The maximum Gasteiger partial charge on any atom is 0.325 e. The van der Waals surface area contributed by atoms with Crippen molar-refractivity contribution < 1.29 is 9.59 Å². The number of rotatable bonds is 5. The van der Waals surface area contributed by atoms with Crippen LogP contribution in [-0.2, 0) is 4.79 Å². The molecule has 0 aliphatic carbocycles. The number of aromatic nitrogens is 2. The van der Waals surface area contributed by atoms with Crippen molar-refractivity contribution in [3.8, 4) is 11.3 Å². The molecule has 1 aliphatic rings. The number of aryl methyl sites for hydroxylation is 1. The fourth-order valence-corrected chi connectivity index (χ4v) is 3.90. The molecule has 2 aromatic carbocycles. The van der Waals surface area contributed by atoms with Crippen LogP contribution < -0.4 is 5.32 Å². The first-order valence-corrected chi connectivity index (χ1v) is 9.81. The van der Waals surface area contributed by atoms with Crippen molar-refractivity contribution in [3.63, 3.8) is 0 Å². The molecule has 2 atom stereocenters. The second kappa shape index (κ2) is 7.72. The van der Waals surface area contributed by atoms with Crippen LogP contribution in [0.15, 0.2) is 54.6 Å². The first-order chi connectivity index (χ1) is 14.0. The molecule has 7 heteroatoms. The van der Waals surface area contributed by atoms with Crippen LogP contribution in [-0.4, -0.2) is 33.4 Å². The number of urea groups is 1. The molecule has 0 bridgehead atoms. The number of halogens is 1. The topological polar surface area (TPSA) is 78.1 Å². The monoisotopic (exact) mass is 408 g/mol. The number of H-pyrrole nitrogens is 1. The Balaban J connectivity index is 1.79. The molecule has 1 aromatic heterocycles. The molecule has 29 heavy (non-hydrogen) atoms. The lowest BCUT2D eigenvalue weighted by Gasteiger charge is -2.29. The molecule has 6 nitrogen and oxygen atoms in total. The molecule has 1 aliphatic heterocycles. The van der Waals surface area contributed by atoms with E-state index in [2.05, 4.69) is 10.3 Å². The van der Waals surface area contributed by atoms with Crippen LogP contribution in [0.5, 0.6) is 0 Å². The molecule has 0 saturated carbocycles. The van der Waals surface area contributed by atoms with Crippen LogP contribution in [0.2, 0.25) is 5.15 Å². The second-order valence-corrected chi connectivity index (χ2v) is 7.60. The Labute approximate surface area is 173 Å². The highest BCUT2D eigenvalue weighted by molar-refractivity contribution is 6.31. The molecular weight excluding hydrogens is 388 g/mol. The van der Waals surface area contributed by atoms with Crippen LogP contribution in [0.4, 0.5) is 4.79 Å². The number of benzene rings is 2. The number of carbonyl (C=O) groups is 2. The number of aromatic amines is 1. The molecule has 2 N–H and O–H groups in total. The molecule has 0 radical (unpaired) electrons. The van der Waals surface area contributed by atoms with E-state index in [-0.39, 0.29) is 18.4 Å². The Bertz CT molecular complexity index is 1030. The van der Waals surface area contributed by atoms with Crippen LogP contribution in [0.3, 0.4) is 0 Å². The van der Waals surface area contributed by atoms with E-state index in [1.54, 1.807) is 0 Å². The minimum absolute atomic E-state index is 0.0178. The van der Waals surface area contributed by atoms with Gasteiger partial charge >= 0.3 is 6.03 Å². The SMILES string of the molecule is Cc1ccc(-c2nc(C(C(C)c3ccccc3)N3C(=O)CNC3=O)[nH]c2Cl)cc1. The van der Waals surface area contributed by atoms with E-state index < -0.39 is 12.1 Å². The smallest absolute Gasteiger partial charge is 0.325 e. The number of hydrogen-bond donors (Lipinski definition) is 2. The summed E-state index contributed by atoms with van der Waals surface area (Å²) in [6.07, 6.45) is 0. The largest absolute Gasteiger partial charge is 0.331 e. The van der Waals surface area contributed by atoms with Crippen LogP contribution in [0, 0.1) is 6.92 Å². The molecule has 2 heterocycles. The van der Waals surface area contributed by atoms with E-state index in [0.29, 0.717) is 16.7 Å². The third kappa shape index (κ3) is 3.63. The fourth-order valence-electron chi connectivity index (χ4n) is 3.65. The quantitative estimate of drug-likeness (QED) is 0.613. The van der Waals surface area contributed by atoms with Crippen molar-refractivity contribution in [2.45, 2.75) is 25.8 Å². The Morgan fingerprint density at radius 2 is 1.76 bits per heavy atom. The van der Waals surface area contributed by atoms with Crippen LogP contribution in [0.1, 0.15) is 35.8 Å². The van der Waals surface area contributed by atoms with Gasteiger partial charge in [-0.1, -0.05) is 78.7 Å². The van der Waals surface area contributed by atoms with E-state index >= 15 is 0 Å². The fraction of sp³-hybridized carbons (Fsp3) is 0.227. The van der Waals surface area contributed by atoms with Crippen molar-refractivity contribution in [2.24, 2.45) is 0 Å². The summed E-state index contributed by atoms with van der Waals surface area (Å²) >= 11 is 6.47. The summed E-state index contributed by atoms with van der Waals surface area (Å²) in [5.74, 6) is 0.0107. The Kier molecular flexibility index (Phi) is 5.11. The highest BCUT2D eigenvalue weighted by Gasteiger charge is 2.41. The summed E-state index contributed by atoms with van der Waals surface area (Å²) in [7, 11) is 0. The van der Waals surface area contributed by atoms with Gasteiger partial charge in [0.05, 0.1) is 6.54 Å². The normalized spacial score (nSPS) is 16.0. The maximum atomic E-state index is 12.5. The zero-order chi connectivity index (χ0) is 20.5. The summed E-state index contributed by atoms with van der Waals surface area (Å²) in [5, 5.41) is 2.97. The van der Waals surface area contributed by atoms with Gasteiger partial charge in [0.2, 0.25) is 0 Å².